The Kier molecular flexibility index (Phi) is 7.38. The fraction of sp³-hybridized carbons (Fsp3) is 0.600. The van der Waals surface area contributed by atoms with Gasteiger partial charge < -0.3 is 9.80 Å². The summed E-state index contributed by atoms with van der Waals surface area (Å²) in [5.41, 5.74) is -0.0963. The van der Waals surface area contributed by atoms with E-state index < -0.39 is 0 Å². The van der Waals surface area contributed by atoms with Crippen LogP contribution in [0, 0.1) is 0 Å². The molecule has 158 valence electrons. The summed E-state index contributed by atoms with van der Waals surface area (Å²) < 4.78 is 1.51. The fourth-order valence-corrected chi connectivity index (χ4v) is 4.40. The molecule has 0 N–H and O–H groups in total. The molecule has 9 heteroatoms. The Balaban J connectivity index is 1.52. The Labute approximate surface area is 174 Å². The maximum absolute atomic E-state index is 12.7. The molecular formula is C20H29N5O3S. The maximum Gasteiger partial charge on any atom is 0.262 e. The molecule has 0 spiro atoms. The number of likely N-dealkylation sites (N-methyl/N-ethyl adjacent to an activating group) is 1. The van der Waals surface area contributed by atoms with E-state index in [1.807, 2.05) is 29.0 Å². The number of thiophene rings is 1. The van der Waals surface area contributed by atoms with Crippen molar-refractivity contribution >= 4 is 33.4 Å². The van der Waals surface area contributed by atoms with Crippen LogP contribution in [0.2, 0.25) is 0 Å². The smallest absolute Gasteiger partial charge is 0.262 e. The van der Waals surface area contributed by atoms with Gasteiger partial charge in [0.2, 0.25) is 11.8 Å². The summed E-state index contributed by atoms with van der Waals surface area (Å²) in [6, 6.07) is 1.77. The van der Waals surface area contributed by atoms with Crippen molar-refractivity contribution in [3.8, 4) is 0 Å². The average Bonchev–Trinajstić information content (AvgIpc) is 3.08. The number of aryl methyl sites for hydroxylation is 1. The number of aromatic nitrogens is 2. The van der Waals surface area contributed by atoms with Gasteiger partial charge in [-0.3, -0.25) is 23.9 Å². The van der Waals surface area contributed by atoms with Gasteiger partial charge in [0.1, 0.15) is 4.83 Å². The summed E-state index contributed by atoms with van der Waals surface area (Å²) in [6.45, 7) is 8.96. The van der Waals surface area contributed by atoms with Crippen molar-refractivity contribution in [2.24, 2.45) is 0 Å². The number of rotatable bonds is 7. The molecule has 3 heterocycles. The van der Waals surface area contributed by atoms with Crippen LogP contribution in [-0.4, -0.2) is 81.9 Å². The summed E-state index contributed by atoms with van der Waals surface area (Å²) in [6.07, 6.45) is 2.65. The fourth-order valence-electron chi connectivity index (χ4n) is 3.67. The molecule has 2 amide bonds. The lowest BCUT2D eigenvalue weighted by molar-refractivity contribution is -0.132. The van der Waals surface area contributed by atoms with Gasteiger partial charge in [-0.2, -0.15) is 0 Å². The Hall–Kier alpha value is -2.26. The van der Waals surface area contributed by atoms with E-state index in [-0.39, 0.29) is 23.8 Å². The number of hydrogen-bond acceptors (Lipinski definition) is 6. The summed E-state index contributed by atoms with van der Waals surface area (Å²) in [5, 5.41) is 2.45. The van der Waals surface area contributed by atoms with Gasteiger partial charge in [0, 0.05) is 52.2 Å². The summed E-state index contributed by atoms with van der Waals surface area (Å²) in [5.74, 6) is 0.185. The van der Waals surface area contributed by atoms with Crippen molar-refractivity contribution < 1.29 is 9.59 Å². The zero-order valence-electron chi connectivity index (χ0n) is 17.2. The molecule has 1 saturated heterocycles. The molecule has 1 fully saturated rings. The molecule has 0 saturated carbocycles. The van der Waals surface area contributed by atoms with E-state index in [2.05, 4.69) is 9.88 Å². The zero-order valence-corrected chi connectivity index (χ0v) is 18.0. The minimum atomic E-state index is -0.0963. The predicted molar refractivity (Wildman–Crippen MR) is 114 cm³/mol. The third kappa shape index (κ3) is 5.22. The van der Waals surface area contributed by atoms with E-state index in [0.717, 1.165) is 30.9 Å². The van der Waals surface area contributed by atoms with Crippen molar-refractivity contribution in [1.29, 1.82) is 0 Å². The highest BCUT2D eigenvalue weighted by molar-refractivity contribution is 7.16. The molecule has 0 atom stereocenters. The number of nitrogens with zero attached hydrogens (tertiary/aromatic N) is 5. The normalized spacial score (nSPS) is 15.4. The second kappa shape index (κ2) is 9.98. The van der Waals surface area contributed by atoms with Gasteiger partial charge in [0.15, 0.2) is 0 Å². The number of hydrogen-bond donors (Lipinski definition) is 0. The Morgan fingerprint density at radius 2 is 1.97 bits per heavy atom. The predicted octanol–water partition coefficient (Wildman–Crippen LogP) is 1.25. The summed E-state index contributed by atoms with van der Waals surface area (Å²) in [4.78, 5) is 48.3. The zero-order chi connectivity index (χ0) is 20.8. The first-order valence-corrected chi connectivity index (χ1v) is 11.1. The van der Waals surface area contributed by atoms with Crippen molar-refractivity contribution in [3.63, 3.8) is 0 Å². The molecule has 1 aliphatic heterocycles. The van der Waals surface area contributed by atoms with Crippen LogP contribution in [0.3, 0.4) is 0 Å². The van der Waals surface area contributed by atoms with E-state index in [1.54, 1.807) is 6.07 Å². The molecule has 8 nitrogen and oxygen atoms in total. The number of amides is 2. The highest BCUT2D eigenvalue weighted by atomic mass is 32.1. The lowest BCUT2D eigenvalue weighted by Crippen LogP contribution is -2.42. The van der Waals surface area contributed by atoms with E-state index in [0.29, 0.717) is 38.1 Å². The van der Waals surface area contributed by atoms with Crippen LogP contribution in [0.4, 0.5) is 0 Å². The quantitative estimate of drug-likeness (QED) is 0.675. The molecule has 3 rings (SSSR count). The first-order valence-electron chi connectivity index (χ1n) is 10.2. The minimum Gasteiger partial charge on any atom is -0.342 e. The van der Waals surface area contributed by atoms with Gasteiger partial charge in [0.25, 0.3) is 5.56 Å². The summed E-state index contributed by atoms with van der Waals surface area (Å²) in [7, 11) is 0. The Bertz CT molecular complexity index is 905. The van der Waals surface area contributed by atoms with Gasteiger partial charge in [0.05, 0.1) is 18.3 Å². The molecular weight excluding hydrogens is 390 g/mol. The van der Waals surface area contributed by atoms with Crippen molar-refractivity contribution in [3.05, 3.63) is 28.1 Å². The molecule has 1 aliphatic rings. The molecule has 0 aromatic carbocycles. The van der Waals surface area contributed by atoms with Crippen LogP contribution >= 0.6 is 11.3 Å². The molecule has 2 aromatic rings. The first kappa shape index (κ1) is 21.4. The van der Waals surface area contributed by atoms with Crippen LogP contribution in [0.15, 0.2) is 22.6 Å². The molecule has 0 unspecified atom stereocenters. The topological polar surface area (TPSA) is 78.8 Å². The highest BCUT2D eigenvalue weighted by Crippen LogP contribution is 2.13. The lowest BCUT2D eigenvalue weighted by Gasteiger charge is -2.25. The van der Waals surface area contributed by atoms with Crippen molar-refractivity contribution in [1.82, 2.24) is 24.3 Å². The SMILES string of the molecule is CCN(CC)C(=O)CN1CCCN(C(=O)CCn2cnc3sccc3c2=O)CC1. The van der Waals surface area contributed by atoms with Gasteiger partial charge in [-0.1, -0.05) is 0 Å². The third-order valence-electron chi connectivity index (χ3n) is 5.43. The first-order chi connectivity index (χ1) is 14.0. The van der Waals surface area contributed by atoms with Crippen molar-refractivity contribution in [2.75, 3.05) is 45.8 Å². The Morgan fingerprint density at radius 1 is 1.17 bits per heavy atom. The molecule has 0 radical (unpaired) electrons. The highest BCUT2D eigenvalue weighted by Gasteiger charge is 2.21. The van der Waals surface area contributed by atoms with E-state index in [9.17, 15) is 14.4 Å². The van der Waals surface area contributed by atoms with E-state index >= 15 is 0 Å². The summed E-state index contributed by atoms with van der Waals surface area (Å²) >= 11 is 1.44. The van der Waals surface area contributed by atoms with Crippen LogP contribution in [0.5, 0.6) is 0 Å². The standard InChI is InChI=1S/C20H29N5O3S/c1-3-23(4-2)18(27)14-22-8-5-9-24(12-11-22)17(26)6-10-25-15-21-19-16(20(25)28)7-13-29-19/h7,13,15H,3-6,8-12,14H2,1-2H3. The monoisotopic (exact) mass is 419 g/mol. The Morgan fingerprint density at radius 3 is 2.72 bits per heavy atom. The maximum atomic E-state index is 12.7. The second-order valence-corrected chi connectivity index (χ2v) is 8.10. The van der Waals surface area contributed by atoms with E-state index in [4.69, 9.17) is 0 Å². The van der Waals surface area contributed by atoms with Gasteiger partial charge in [-0.25, -0.2) is 4.98 Å². The van der Waals surface area contributed by atoms with Crippen LogP contribution < -0.4 is 5.56 Å². The van der Waals surface area contributed by atoms with Gasteiger partial charge in [-0.05, 0) is 31.7 Å². The average molecular weight is 420 g/mol. The number of carbonyl (C=O) groups is 2. The second-order valence-electron chi connectivity index (χ2n) is 7.21. The van der Waals surface area contributed by atoms with Crippen molar-refractivity contribution in [2.45, 2.75) is 33.2 Å². The molecule has 0 aliphatic carbocycles. The number of carbonyl (C=O) groups excluding carboxylic acids is 2. The van der Waals surface area contributed by atoms with E-state index in [1.165, 1.54) is 22.2 Å². The van der Waals surface area contributed by atoms with Crippen LogP contribution in [-0.2, 0) is 16.1 Å². The van der Waals surface area contributed by atoms with Gasteiger partial charge >= 0.3 is 0 Å². The lowest BCUT2D eigenvalue weighted by atomic mass is 10.3. The van der Waals surface area contributed by atoms with Gasteiger partial charge in [-0.15, -0.1) is 11.3 Å². The molecule has 2 aromatic heterocycles. The number of fused-ring (bicyclic) bond motifs is 1. The minimum absolute atomic E-state index is 0.0410. The largest absolute Gasteiger partial charge is 0.342 e. The van der Waals surface area contributed by atoms with Crippen LogP contribution in [0.25, 0.3) is 10.2 Å². The molecule has 29 heavy (non-hydrogen) atoms. The molecule has 0 bridgehead atoms. The van der Waals surface area contributed by atoms with Crippen LogP contribution in [0.1, 0.15) is 26.7 Å². The third-order valence-corrected chi connectivity index (χ3v) is 6.25.